The Kier molecular flexibility index (Phi) is 4.75. The van der Waals surface area contributed by atoms with Gasteiger partial charge in [0.25, 0.3) is 0 Å². The summed E-state index contributed by atoms with van der Waals surface area (Å²) in [7, 11) is 0. The minimum Gasteiger partial charge on any atom is -0.299 e. The molecule has 0 heterocycles. The molecule has 2 aromatic rings. The van der Waals surface area contributed by atoms with E-state index in [1.165, 1.54) is 9.79 Å². The Balaban J connectivity index is 1.70. The molecule has 3 aliphatic rings. The van der Waals surface area contributed by atoms with Gasteiger partial charge >= 0.3 is 0 Å². The van der Waals surface area contributed by atoms with Gasteiger partial charge in [0.1, 0.15) is 11.6 Å². The summed E-state index contributed by atoms with van der Waals surface area (Å²) < 4.78 is -0.224. The second-order valence-electron chi connectivity index (χ2n) is 9.89. The molecular formula is C26H28O2S2. The predicted molar refractivity (Wildman–Crippen MR) is 124 cm³/mol. The lowest BCUT2D eigenvalue weighted by atomic mass is 9.71. The van der Waals surface area contributed by atoms with Gasteiger partial charge in [-0.1, -0.05) is 57.2 Å². The van der Waals surface area contributed by atoms with Crippen molar-refractivity contribution in [2.45, 2.75) is 53.9 Å². The van der Waals surface area contributed by atoms with E-state index in [0.717, 1.165) is 12.8 Å². The first-order valence-corrected chi connectivity index (χ1v) is 12.5. The Bertz CT molecular complexity index is 943. The maximum Gasteiger partial charge on any atom is 0.142 e. The molecule has 2 nitrogen and oxygen atoms in total. The topological polar surface area (TPSA) is 34.1 Å². The van der Waals surface area contributed by atoms with Crippen LogP contribution in [0.15, 0.2) is 70.5 Å². The Morgan fingerprint density at radius 1 is 0.833 bits per heavy atom. The minimum atomic E-state index is -0.543. The number of hydrogen-bond acceptors (Lipinski definition) is 4. The number of carbonyl (C=O) groups is 2. The molecule has 0 aliphatic heterocycles. The Hall–Kier alpha value is -1.52. The number of thioether (sulfide) groups is 2. The molecule has 0 amide bonds. The number of hydrogen-bond donors (Lipinski definition) is 0. The summed E-state index contributed by atoms with van der Waals surface area (Å²) in [6, 6.07) is 21.1. The fraction of sp³-hybridized carbons (Fsp3) is 0.462. The van der Waals surface area contributed by atoms with Crippen LogP contribution in [0.25, 0.3) is 0 Å². The molecule has 0 aromatic heterocycles. The van der Waals surface area contributed by atoms with Crippen LogP contribution in [-0.4, -0.2) is 15.6 Å². The number of benzene rings is 2. The number of ketones is 2. The van der Waals surface area contributed by atoms with E-state index >= 15 is 0 Å². The average Bonchev–Trinajstić information content (AvgIpc) is 3.23. The van der Waals surface area contributed by atoms with Crippen LogP contribution in [0.4, 0.5) is 0 Å². The number of carbonyl (C=O) groups excluding carboxylic acids is 2. The molecule has 0 N–H and O–H groups in total. The van der Waals surface area contributed by atoms with Crippen molar-refractivity contribution in [3.63, 3.8) is 0 Å². The van der Waals surface area contributed by atoms with Crippen molar-refractivity contribution in [1.29, 1.82) is 0 Å². The Morgan fingerprint density at radius 2 is 1.37 bits per heavy atom. The van der Waals surface area contributed by atoms with E-state index in [-0.39, 0.29) is 27.2 Å². The zero-order chi connectivity index (χ0) is 21.1. The van der Waals surface area contributed by atoms with Crippen LogP contribution in [0.3, 0.4) is 0 Å². The van der Waals surface area contributed by atoms with E-state index in [1.807, 2.05) is 35.7 Å². The highest BCUT2D eigenvalue weighted by Crippen LogP contribution is 2.76. The molecule has 0 radical (unpaired) electrons. The molecule has 3 aliphatic carbocycles. The largest absolute Gasteiger partial charge is 0.299 e. The van der Waals surface area contributed by atoms with E-state index in [4.69, 9.17) is 0 Å². The SMILES string of the molecule is CC1(C)C[C@H]2[C@@H](C1=O)[C@]1(C)C(=O)CC[C@@H]1C2(Sc1ccccc1)Sc1ccccc1. The van der Waals surface area contributed by atoms with Crippen molar-refractivity contribution in [2.24, 2.45) is 28.6 Å². The zero-order valence-electron chi connectivity index (χ0n) is 17.8. The van der Waals surface area contributed by atoms with Crippen molar-refractivity contribution in [3.8, 4) is 0 Å². The summed E-state index contributed by atoms with van der Waals surface area (Å²) in [6.07, 6.45) is 2.34. The third-order valence-electron chi connectivity index (χ3n) is 7.76. The third kappa shape index (κ3) is 2.79. The lowest BCUT2D eigenvalue weighted by molar-refractivity contribution is -0.138. The Morgan fingerprint density at radius 3 is 1.90 bits per heavy atom. The maximum atomic E-state index is 13.6. The van der Waals surface area contributed by atoms with E-state index < -0.39 is 5.41 Å². The second kappa shape index (κ2) is 7.00. The smallest absolute Gasteiger partial charge is 0.142 e. The van der Waals surface area contributed by atoms with Crippen LogP contribution in [0.1, 0.15) is 40.0 Å². The van der Waals surface area contributed by atoms with Crippen LogP contribution >= 0.6 is 23.5 Å². The summed E-state index contributed by atoms with van der Waals surface area (Å²) >= 11 is 3.82. The van der Waals surface area contributed by atoms with Crippen LogP contribution < -0.4 is 0 Å². The first kappa shape index (κ1) is 20.4. The predicted octanol–water partition coefficient (Wildman–Crippen LogP) is 6.50. The molecule has 3 saturated carbocycles. The van der Waals surface area contributed by atoms with Crippen LogP contribution in [0.2, 0.25) is 0 Å². The molecule has 2 aromatic carbocycles. The molecule has 0 saturated heterocycles. The molecule has 30 heavy (non-hydrogen) atoms. The fourth-order valence-corrected chi connectivity index (χ4v) is 10.2. The summed E-state index contributed by atoms with van der Waals surface area (Å²) in [5.41, 5.74) is -0.912. The third-order valence-corrected chi connectivity index (χ3v) is 11.1. The molecule has 0 unspecified atom stereocenters. The van der Waals surface area contributed by atoms with Crippen LogP contribution in [0.5, 0.6) is 0 Å². The zero-order valence-corrected chi connectivity index (χ0v) is 19.4. The highest BCUT2D eigenvalue weighted by Gasteiger charge is 2.75. The average molecular weight is 437 g/mol. The highest BCUT2D eigenvalue weighted by atomic mass is 32.2. The summed E-state index contributed by atoms with van der Waals surface area (Å²) in [4.78, 5) is 29.4. The summed E-state index contributed by atoms with van der Waals surface area (Å²) in [5.74, 6) is 0.828. The van der Waals surface area contributed by atoms with Crippen LogP contribution in [0, 0.1) is 28.6 Å². The molecule has 3 fully saturated rings. The van der Waals surface area contributed by atoms with Gasteiger partial charge in [-0.3, -0.25) is 9.59 Å². The van der Waals surface area contributed by atoms with Crippen molar-refractivity contribution in [1.82, 2.24) is 0 Å². The van der Waals surface area contributed by atoms with Gasteiger partial charge in [0.2, 0.25) is 0 Å². The van der Waals surface area contributed by atoms with E-state index in [9.17, 15) is 9.59 Å². The van der Waals surface area contributed by atoms with Crippen LogP contribution in [-0.2, 0) is 9.59 Å². The number of fused-ring (bicyclic) bond motifs is 3. The molecule has 0 bridgehead atoms. The fourth-order valence-electron chi connectivity index (χ4n) is 6.40. The summed E-state index contributed by atoms with van der Waals surface area (Å²) in [6.45, 7) is 6.27. The molecular weight excluding hydrogens is 408 g/mol. The molecule has 0 spiro atoms. The van der Waals surface area contributed by atoms with Gasteiger partial charge in [-0.05, 0) is 48.9 Å². The molecule has 5 rings (SSSR count). The van der Waals surface area contributed by atoms with Gasteiger partial charge in [0.05, 0.1) is 4.08 Å². The first-order chi connectivity index (χ1) is 14.3. The lowest BCUT2D eigenvalue weighted by Crippen LogP contribution is -2.40. The van der Waals surface area contributed by atoms with Crippen molar-refractivity contribution in [3.05, 3.63) is 60.7 Å². The second-order valence-corrected chi connectivity index (χ2v) is 12.8. The minimum absolute atomic E-state index is 0.167. The van der Waals surface area contributed by atoms with Crippen molar-refractivity contribution in [2.75, 3.05) is 0 Å². The number of Topliss-reactive ketones (excluding diaryl/α,β-unsaturated/α-hetero) is 2. The first-order valence-electron chi connectivity index (χ1n) is 10.8. The molecule has 4 heteroatoms. The van der Waals surface area contributed by atoms with Crippen molar-refractivity contribution >= 4 is 35.1 Å². The van der Waals surface area contributed by atoms with E-state index in [1.54, 1.807) is 0 Å². The van der Waals surface area contributed by atoms with Gasteiger partial charge < -0.3 is 0 Å². The van der Waals surface area contributed by atoms with Gasteiger partial charge in [0, 0.05) is 33.0 Å². The van der Waals surface area contributed by atoms with E-state index in [0.29, 0.717) is 18.0 Å². The standard InChI is InChI=1S/C26H28O2S2/c1-24(2)16-19-22(23(24)28)25(3)20(14-15-21(25)27)26(19,29-17-10-6-4-7-11-17)30-18-12-8-5-9-13-18/h4-13,19-20,22H,14-16H2,1-3H3/t19-,20-,22-,25-/m0/s1. The quantitative estimate of drug-likeness (QED) is 0.513. The normalized spacial score (nSPS) is 33.5. The monoisotopic (exact) mass is 436 g/mol. The Labute approximate surface area is 187 Å². The van der Waals surface area contributed by atoms with Crippen molar-refractivity contribution < 1.29 is 9.59 Å². The highest BCUT2D eigenvalue weighted by molar-refractivity contribution is 8.18. The molecule has 156 valence electrons. The van der Waals surface area contributed by atoms with E-state index in [2.05, 4.69) is 69.3 Å². The van der Waals surface area contributed by atoms with Gasteiger partial charge in [-0.25, -0.2) is 0 Å². The number of rotatable bonds is 4. The van der Waals surface area contributed by atoms with Gasteiger partial charge in [0.15, 0.2) is 0 Å². The summed E-state index contributed by atoms with van der Waals surface area (Å²) in [5, 5.41) is 0. The van der Waals surface area contributed by atoms with Gasteiger partial charge in [-0.2, -0.15) is 0 Å². The molecule has 4 atom stereocenters. The maximum absolute atomic E-state index is 13.6. The lowest BCUT2D eigenvalue weighted by Gasteiger charge is -2.41. The van der Waals surface area contributed by atoms with Gasteiger partial charge in [-0.15, -0.1) is 23.5 Å².